The van der Waals surface area contributed by atoms with Crippen LogP contribution in [0.1, 0.15) is 72.2 Å². The lowest BCUT2D eigenvalue weighted by Gasteiger charge is -2.25. The summed E-state index contributed by atoms with van der Waals surface area (Å²) in [7, 11) is 0. The molecule has 1 atom stereocenters. The monoisotopic (exact) mass is 423 g/mol. The summed E-state index contributed by atoms with van der Waals surface area (Å²) < 4.78 is 0. The number of aryl methyl sites for hydroxylation is 3. The predicted octanol–water partition coefficient (Wildman–Crippen LogP) is 5.55. The number of unbranched alkanes of at least 4 members (excludes halogenated alkanes) is 2. The Hall–Kier alpha value is -2.40. The highest BCUT2D eigenvalue weighted by atomic mass is 32.1. The third kappa shape index (κ3) is 3.71. The van der Waals surface area contributed by atoms with Crippen LogP contribution in [0.25, 0.3) is 5.76 Å². The molecule has 2 aromatic rings. The molecule has 2 aliphatic rings. The Balaban J connectivity index is 1.80. The van der Waals surface area contributed by atoms with Crippen LogP contribution in [0, 0.1) is 6.92 Å². The number of rotatable bonds is 6. The van der Waals surface area contributed by atoms with Crippen molar-refractivity contribution in [3.8, 4) is 0 Å². The van der Waals surface area contributed by atoms with Crippen LogP contribution in [-0.2, 0) is 22.4 Å². The number of hydrogen-bond donors (Lipinski definition) is 1. The Bertz CT molecular complexity index is 1000. The van der Waals surface area contributed by atoms with Crippen LogP contribution < -0.4 is 0 Å². The van der Waals surface area contributed by atoms with Gasteiger partial charge in [-0.25, -0.2) is 0 Å². The number of benzene rings is 1. The second-order valence-corrected chi connectivity index (χ2v) is 9.31. The Kier molecular flexibility index (Phi) is 6.09. The number of thiophene rings is 1. The summed E-state index contributed by atoms with van der Waals surface area (Å²) >= 11 is 1.54. The molecule has 2 heterocycles. The number of ketones is 1. The summed E-state index contributed by atoms with van der Waals surface area (Å²) in [6.45, 7) is 4.64. The smallest absolute Gasteiger partial charge is 0.295 e. The van der Waals surface area contributed by atoms with Crippen LogP contribution >= 0.6 is 11.3 Å². The minimum Gasteiger partial charge on any atom is -0.507 e. The van der Waals surface area contributed by atoms with E-state index in [1.165, 1.54) is 17.5 Å². The Morgan fingerprint density at radius 1 is 1.13 bits per heavy atom. The van der Waals surface area contributed by atoms with Gasteiger partial charge in [0.25, 0.3) is 11.7 Å². The molecule has 1 unspecified atom stereocenters. The fourth-order valence-electron chi connectivity index (χ4n) is 4.62. The van der Waals surface area contributed by atoms with E-state index in [4.69, 9.17) is 0 Å². The van der Waals surface area contributed by atoms with Crippen molar-refractivity contribution in [2.24, 2.45) is 0 Å². The molecule has 0 saturated carbocycles. The zero-order chi connectivity index (χ0) is 21.3. The van der Waals surface area contributed by atoms with E-state index < -0.39 is 17.7 Å². The molecule has 5 heteroatoms. The molecule has 1 aromatic carbocycles. The second kappa shape index (κ2) is 8.76. The summed E-state index contributed by atoms with van der Waals surface area (Å²) in [5.74, 6) is -1.11. The Morgan fingerprint density at radius 3 is 2.60 bits per heavy atom. The van der Waals surface area contributed by atoms with Crippen LogP contribution in [0.4, 0.5) is 0 Å². The molecule has 1 aliphatic heterocycles. The van der Waals surface area contributed by atoms with Crippen LogP contribution in [-0.4, -0.2) is 28.2 Å². The number of Topliss-reactive ketones (excluding diaryl/α,β-unsaturated/α-hetero) is 1. The van der Waals surface area contributed by atoms with Crippen molar-refractivity contribution in [2.45, 2.75) is 64.8 Å². The first kappa shape index (κ1) is 20.9. The van der Waals surface area contributed by atoms with Gasteiger partial charge in [-0.15, -0.1) is 11.3 Å². The number of aliphatic hydroxyl groups excluding tert-OH is 1. The Morgan fingerprint density at radius 2 is 1.90 bits per heavy atom. The lowest BCUT2D eigenvalue weighted by Crippen LogP contribution is -2.30. The van der Waals surface area contributed by atoms with E-state index in [0.29, 0.717) is 12.1 Å². The number of carbonyl (C=O) groups is 2. The molecule has 1 aromatic heterocycles. The van der Waals surface area contributed by atoms with Gasteiger partial charge >= 0.3 is 0 Å². The molecule has 1 N–H and O–H groups in total. The van der Waals surface area contributed by atoms with Crippen molar-refractivity contribution in [2.75, 3.05) is 6.54 Å². The maximum atomic E-state index is 13.1. The SMILES string of the molecule is CCCCCN1C(=O)C(=O)/C(=C(\O)c2ccc3c(c2)CCCC3)C1c1sccc1C. The van der Waals surface area contributed by atoms with Gasteiger partial charge in [0, 0.05) is 17.0 Å². The molecule has 4 nitrogen and oxygen atoms in total. The topological polar surface area (TPSA) is 57.6 Å². The third-order valence-electron chi connectivity index (χ3n) is 6.31. The molecule has 1 aliphatic carbocycles. The number of hydrogen-bond acceptors (Lipinski definition) is 4. The molecule has 158 valence electrons. The van der Waals surface area contributed by atoms with Gasteiger partial charge in [0.1, 0.15) is 5.76 Å². The number of carbonyl (C=O) groups excluding carboxylic acids is 2. The maximum absolute atomic E-state index is 13.1. The summed E-state index contributed by atoms with van der Waals surface area (Å²) in [5.41, 5.74) is 4.48. The van der Waals surface area contributed by atoms with Gasteiger partial charge < -0.3 is 10.0 Å². The quantitative estimate of drug-likeness (QED) is 0.287. The van der Waals surface area contributed by atoms with Gasteiger partial charge in [-0.3, -0.25) is 9.59 Å². The second-order valence-electron chi connectivity index (χ2n) is 8.36. The van der Waals surface area contributed by atoms with E-state index in [9.17, 15) is 14.7 Å². The molecule has 1 saturated heterocycles. The highest BCUT2D eigenvalue weighted by molar-refractivity contribution is 7.10. The van der Waals surface area contributed by atoms with E-state index >= 15 is 0 Å². The first-order valence-corrected chi connectivity index (χ1v) is 11.9. The highest BCUT2D eigenvalue weighted by Gasteiger charge is 2.46. The van der Waals surface area contributed by atoms with Crippen molar-refractivity contribution in [3.05, 3.63) is 62.3 Å². The van der Waals surface area contributed by atoms with Crippen molar-refractivity contribution < 1.29 is 14.7 Å². The number of fused-ring (bicyclic) bond motifs is 1. The van der Waals surface area contributed by atoms with Gasteiger partial charge in [0.05, 0.1) is 11.6 Å². The van der Waals surface area contributed by atoms with Crippen molar-refractivity contribution in [3.63, 3.8) is 0 Å². The van der Waals surface area contributed by atoms with Crippen molar-refractivity contribution >= 4 is 28.8 Å². The zero-order valence-electron chi connectivity index (χ0n) is 17.7. The van der Waals surface area contributed by atoms with Gasteiger partial charge in [-0.1, -0.05) is 31.9 Å². The first-order chi connectivity index (χ1) is 14.5. The lowest BCUT2D eigenvalue weighted by molar-refractivity contribution is -0.139. The highest BCUT2D eigenvalue weighted by Crippen LogP contribution is 2.43. The molecule has 1 amide bonds. The third-order valence-corrected chi connectivity index (χ3v) is 7.39. The molecule has 0 bridgehead atoms. The molecule has 1 fully saturated rings. The molecular formula is C25H29NO3S. The van der Waals surface area contributed by atoms with Crippen molar-refractivity contribution in [1.82, 2.24) is 4.90 Å². The number of nitrogens with zero attached hydrogens (tertiary/aromatic N) is 1. The Labute approximate surface area is 182 Å². The average Bonchev–Trinajstić information content (AvgIpc) is 3.28. The summed E-state index contributed by atoms with van der Waals surface area (Å²) in [5, 5.41) is 13.2. The minimum absolute atomic E-state index is 0.0440. The van der Waals surface area contributed by atoms with Crippen LogP contribution in [0.5, 0.6) is 0 Å². The van der Waals surface area contributed by atoms with Gasteiger partial charge in [0.15, 0.2) is 0 Å². The number of amides is 1. The molecule has 0 radical (unpaired) electrons. The normalized spacial score (nSPS) is 20.6. The van der Waals surface area contributed by atoms with Gasteiger partial charge in [0.2, 0.25) is 0 Å². The molecular weight excluding hydrogens is 394 g/mol. The van der Waals surface area contributed by atoms with Crippen LogP contribution in [0.15, 0.2) is 35.2 Å². The fraction of sp³-hybridized carbons (Fsp3) is 0.440. The minimum atomic E-state index is -0.570. The predicted molar refractivity (Wildman–Crippen MR) is 121 cm³/mol. The molecule has 30 heavy (non-hydrogen) atoms. The lowest BCUT2D eigenvalue weighted by atomic mass is 9.89. The maximum Gasteiger partial charge on any atom is 0.295 e. The summed E-state index contributed by atoms with van der Waals surface area (Å²) in [4.78, 5) is 28.6. The summed E-state index contributed by atoms with van der Waals surface area (Å²) in [6.07, 6.45) is 7.29. The van der Waals surface area contributed by atoms with Crippen molar-refractivity contribution in [1.29, 1.82) is 0 Å². The summed E-state index contributed by atoms with van der Waals surface area (Å²) in [6, 6.07) is 7.46. The zero-order valence-corrected chi connectivity index (χ0v) is 18.6. The van der Waals surface area contributed by atoms with Gasteiger partial charge in [-0.05, 0) is 73.2 Å². The number of likely N-dealkylation sites (tertiary alicyclic amines) is 1. The largest absolute Gasteiger partial charge is 0.507 e. The molecule has 0 spiro atoms. The number of aliphatic hydroxyl groups is 1. The first-order valence-electron chi connectivity index (χ1n) is 11.0. The van der Waals surface area contributed by atoms with E-state index in [2.05, 4.69) is 13.0 Å². The average molecular weight is 424 g/mol. The fourth-order valence-corrected chi connectivity index (χ4v) is 5.66. The van der Waals surface area contributed by atoms with E-state index in [-0.39, 0.29) is 11.3 Å². The van der Waals surface area contributed by atoms with Crippen LogP contribution in [0.3, 0.4) is 0 Å². The van der Waals surface area contributed by atoms with E-state index in [0.717, 1.165) is 49.0 Å². The van der Waals surface area contributed by atoms with E-state index in [1.54, 1.807) is 16.2 Å². The van der Waals surface area contributed by atoms with E-state index in [1.807, 2.05) is 30.5 Å². The molecule has 4 rings (SSSR count). The van der Waals surface area contributed by atoms with Crippen LogP contribution in [0.2, 0.25) is 0 Å². The standard InChI is InChI=1S/C25H29NO3S/c1-3-4-7-13-26-21(24-16(2)12-14-30-24)20(23(28)25(26)29)22(27)19-11-10-17-8-5-6-9-18(17)15-19/h10-12,14-15,21,27H,3-9,13H2,1-2H3/b22-20-. The van der Waals surface area contributed by atoms with Gasteiger partial charge in [-0.2, -0.15) is 0 Å².